The molecule has 1 aliphatic heterocycles. The van der Waals surface area contributed by atoms with Gasteiger partial charge in [0.2, 0.25) is 5.91 Å². The number of unbranched alkanes of at least 4 members (excludes halogenated alkanes) is 1. The van der Waals surface area contributed by atoms with Crippen molar-refractivity contribution >= 4 is 52.2 Å². The van der Waals surface area contributed by atoms with Crippen molar-refractivity contribution in [3.8, 4) is 0 Å². The van der Waals surface area contributed by atoms with Gasteiger partial charge in [-0.2, -0.15) is 0 Å². The van der Waals surface area contributed by atoms with Gasteiger partial charge in [0, 0.05) is 39.8 Å². The van der Waals surface area contributed by atoms with Gasteiger partial charge in [-0.3, -0.25) is 4.79 Å². The summed E-state index contributed by atoms with van der Waals surface area (Å²) in [6, 6.07) is 4.69. The number of rotatable bonds is 7. The number of guanidine groups is 1. The summed E-state index contributed by atoms with van der Waals surface area (Å²) in [5.41, 5.74) is 0. The van der Waals surface area contributed by atoms with Crippen molar-refractivity contribution < 1.29 is 4.79 Å². The van der Waals surface area contributed by atoms with Gasteiger partial charge >= 0.3 is 0 Å². The number of piperidine rings is 1. The SMILES string of the molecule is CCCCNC(=NCC(=O)N(C)C)NC1CCN(c2cccs2)CC1.I. The summed E-state index contributed by atoms with van der Waals surface area (Å²) in [5, 5.41) is 10.4. The Balaban J connectivity index is 0.00000338. The average Bonchev–Trinajstić information content (AvgIpc) is 3.14. The molecule has 1 fully saturated rings. The third-order valence-corrected chi connectivity index (χ3v) is 5.28. The number of amides is 1. The lowest BCUT2D eigenvalue weighted by Crippen LogP contribution is -2.49. The lowest BCUT2D eigenvalue weighted by atomic mass is 10.1. The van der Waals surface area contributed by atoms with E-state index in [2.05, 4.69) is 45.0 Å². The van der Waals surface area contributed by atoms with Crippen molar-refractivity contribution in [2.45, 2.75) is 38.6 Å². The molecule has 6 nitrogen and oxygen atoms in total. The van der Waals surface area contributed by atoms with Crippen molar-refractivity contribution in [3.63, 3.8) is 0 Å². The Morgan fingerprint density at radius 1 is 1.38 bits per heavy atom. The number of likely N-dealkylation sites (N-methyl/N-ethyl adjacent to an activating group) is 1. The number of carbonyl (C=O) groups is 1. The molecule has 2 heterocycles. The number of carbonyl (C=O) groups excluding carboxylic acids is 1. The van der Waals surface area contributed by atoms with E-state index in [4.69, 9.17) is 0 Å². The molecule has 1 aromatic rings. The first-order valence-corrected chi connectivity index (χ1v) is 10.0. The Labute approximate surface area is 178 Å². The average molecular weight is 493 g/mol. The predicted molar refractivity (Wildman–Crippen MR) is 122 cm³/mol. The van der Waals surface area contributed by atoms with Crippen LogP contribution in [0, 0.1) is 0 Å². The summed E-state index contributed by atoms with van der Waals surface area (Å²) in [4.78, 5) is 20.3. The standard InChI is InChI=1S/C18H31N5OS.HI/c1-4-5-10-19-18(20-14-16(24)22(2)3)21-15-8-11-23(12-9-15)17-7-6-13-25-17;/h6-7,13,15H,4-5,8-12,14H2,1-3H3,(H2,19,20,21);1H. The molecular weight excluding hydrogens is 461 g/mol. The van der Waals surface area contributed by atoms with E-state index >= 15 is 0 Å². The Hall–Kier alpha value is -1.03. The molecule has 2 N–H and O–H groups in total. The number of halogens is 1. The number of thiophene rings is 1. The van der Waals surface area contributed by atoms with E-state index in [0.29, 0.717) is 6.04 Å². The second-order valence-electron chi connectivity index (χ2n) is 6.59. The van der Waals surface area contributed by atoms with Crippen LogP contribution in [0.25, 0.3) is 0 Å². The predicted octanol–water partition coefficient (Wildman–Crippen LogP) is 2.76. The summed E-state index contributed by atoms with van der Waals surface area (Å²) >= 11 is 1.80. The maximum absolute atomic E-state index is 11.8. The van der Waals surface area contributed by atoms with Crippen LogP contribution < -0.4 is 15.5 Å². The van der Waals surface area contributed by atoms with E-state index in [9.17, 15) is 4.79 Å². The van der Waals surface area contributed by atoms with Gasteiger partial charge < -0.3 is 20.4 Å². The molecule has 1 amide bonds. The van der Waals surface area contributed by atoms with Gasteiger partial charge in [-0.25, -0.2) is 4.99 Å². The molecule has 0 bridgehead atoms. The van der Waals surface area contributed by atoms with Crippen molar-refractivity contribution in [2.75, 3.05) is 45.2 Å². The minimum Gasteiger partial charge on any atom is -0.363 e. The Kier molecular flexibility index (Phi) is 11.0. The maximum Gasteiger partial charge on any atom is 0.243 e. The molecule has 0 saturated carbocycles. The Morgan fingerprint density at radius 3 is 2.69 bits per heavy atom. The van der Waals surface area contributed by atoms with Crippen molar-refractivity contribution in [1.82, 2.24) is 15.5 Å². The van der Waals surface area contributed by atoms with Crippen LogP contribution in [-0.2, 0) is 4.79 Å². The Morgan fingerprint density at radius 2 is 2.12 bits per heavy atom. The molecule has 2 rings (SSSR count). The number of aliphatic imine (C=N–C) groups is 1. The normalized spacial score (nSPS) is 15.3. The molecule has 0 atom stereocenters. The first kappa shape index (κ1) is 23.0. The van der Waals surface area contributed by atoms with Crippen LogP contribution in [0.2, 0.25) is 0 Å². The van der Waals surface area contributed by atoms with E-state index in [1.54, 1.807) is 30.3 Å². The zero-order chi connectivity index (χ0) is 18.1. The summed E-state index contributed by atoms with van der Waals surface area (Å²) in [5.74, 6) is 0.780. The minimum absolute atomic E-state index is 0. The monoisotopic (exact) mass is 493 g/mol. The highest BCUT2D eigenvalue weighted by Gasteiger charge is 2.20. The van der Waals surface area contributed by atoms with Gasteiger partial charge in [-0.05, 0) is 36.8 Å². The summed E-state index contributed by atoms with van der Waals surface area (Å²) in [7, 11) is 3.52. The molecular formula is C18H32IN5OS. The van der Waals surface area contributed by atoms with Crippen molar-refractivity contribution in [1.29, 1.82) is 0 Å². The zero-order valence-corrected chi connectivity index (χ0v) is 19.2. The topological polar surface area (TPSA) is 60.0 Å². The zero-order valence-electron chi connectivity index (χ0n) is 16.0. The first-order valence-electron chi connectivity index (χ1n) is 9.13. The van der Waals surface area contributed by atoms with Crippen LogP contribution in [0.1, 0.15) is 32.6 Å². The largest absolute Gasteiger partial charge is 0.363 e. The summed E-state index contributed by atoms with van der Waals surface area (Å²) in [6.07, 6.45) is 4.39. The second kappa shape index (κ2) is 12.4. The Bertz CT molecular complexity index is 542. The summed E-state index contributed by atoms with van der Waals surface area (Å²) < 4.78 is 0. The summed E-state index contributed by atoms with van der Waals surface area (Å²) in [6.45, 7) is 5.34. The third-order valence-electron chi connectivity index (χ3n) is 4.35. The highest BCUT2D eigenvalue weighted by Crippen LogP contribution is 2.24. The highest BCUT2D eigenvalue weighted by atomic mass is 127. The number of hydrogen-bond donors (Lipinski definition) is 2. The quantitative estimate of drug-likeness (QED) is 0.266. The molecule has 8 heteroatoms. The molecule has 0 aromatic carbocycles. The van der Waals surface area contributed by atoms with Gasteiger partial charge in [0.25, 0.3) is 0 Å². The van der Waals surface area contributed by atoms with Crippen LogP contribution in [0.3, 0.4) is 0 Å². The maximum atomic E-state index is 11.8. The highest BCUT2D eigenvalue weighted by molar-refractivity contribution is 14.0. The van der Waals surface area contributed by atoms with Gasteiger partial charge in [0.15, 0.2) is 5.96 Å². The van der Waals surface area contributed by atoms with Gasteiger partial charge in [-0.1, -0.05) is 13.3 Å². The number of hydrogen-bond acceptors (Lipinski definition) is 4. The van der Waals surface area contributed by atoms with E-state index in [-0.39, 0.29) is 36.4 Å². The minimum atomic E-state index is 0. The molecule has 0 radical (unpaired) electrons. The van der Waals surface area contributed by atoms with Crippen molar-refractivity contribution in [3.05, 3.63) is 17.5 Å². The van der Waals surface area contributed by atoms with E-state index in [1.165, 1.54) is 5.00 Å². The number of nitrogens with zero attached hydrogens (tertiary/aromatic N) is 3. The number of nitrogens with one attached hydrogen (secondary N) is 2. The van der Waals surface area contributed by atoms with Crippen LogP contribution in [0.4, 0.5) is 5.00 Å². The first-order chi connectivity index (χ1) is 12.1. The lowest BCUT2D eigenvalue weighted by molar-refractivity contribution is -0.127. The van der Waals surface area contributed by atoms with Gasteiger partial charge in [0.05, 0.1) is 5.00 Å². The van der Waals surface area contributed by atoms with Crippen LogP contribution in [0.5, 0.6) is 0 Å². The number of anilines is 1. The fourth-order valence-corrected chi connectivity index (χ4v) is 3.50. The molecule has 1 saturated heterocycles. The molecule has 148 valence electrons. The van der Waals surface area contributed by atoms with Crippen LogP contribution in [0.15, 0.2) is 22.5 Å². The molecule has 0 aliphatic carbocycles. The van der Waals surface area contributed by atoms with Crippen LogP contribution >= 0.6 is 35.3 Å². The second-order valence-corrected chi connectivity index (χ2v) is 7.52. The van der Waals surface area contributed by atoms with Crippen LogP contribution in [-0.4, -0.2) is 63.1 Å². The molecule has 0 spiro atoms. The van der Waals surface area contributed by atoms with E-state index in [0.717, 1.165) is 51.3 Å². The van der Waals surface area contributed by atoms with Crippen molar-refractivity contribution in [2.24, 2.45) is 4.99 Å². The molecule has 1 aliphatic rings. The smallest absolute Gasteiger partial charge is 0.243 e. The van der Waals surface area contributed by atoms with Gasteiger partial charge in [-0.15, -0.1) is 35.3 Å². The van der Waals surface area contributed by atoms with E-state index in [1.807, 2.05) is 0 Å². The molecule has 1 aromatic heterocycles. The third kappa shape index (κ3) is 7.69. The molecule has 0 unspecified atom stereocenters. The molecule has 26 heavy (non-hydrogen) atoms. The fraction of sp³-hybridized carbons (Fsp3) is 0.667. The van der Waals surface area contributed by atoms with Gasteiger partial charge in [0.1, 0.15) is 6.54 Å². The fourth-order valence-electron chi connectivity index (χ4n) is 2.71. The lowest BCUT2D eigenvalue weighted by Gasteiger charge is -2.33. The van der Waals surface area contributed by atoms with E-state index < -0.39 is 0 Å².